The standard InChI is InChI=1S/C17H23N5O3/c1-11-8-9-14(24-3)16(18-11)20-17(23)22-10-6-4-5-7-13(22)15-19-12(2)25-21-15/h8-9,13H,4-7,10H2,1-3H3,(H,18,20,23). The minimum absolute atomic E-state index is 0.198. The Morgan fingerprint density at radius 1 is 1.28 bits per heavy atom. The number of ether oxygens (including phenoxy) is 1. The zero-order chi connectivity index (χ0) is 17.8. The van der Waals surface area contributed by atoms with E-state index in [4.69, 9.17) is 9.26 Å². The smallest absolute Gasteiger partial charge is 0.323 e. The third kappa shape index (κ3) is 3.89. The molecule has 1 aliphatic heterocycles. The van der Waals surface area contributed by atoms with Gasteiger partial charge in [-0.15, -0.1) is 0 Å². The Bertz CT molecular complexity index is 746. The highest BCUT2D eigenvalue weighted by molar-refractivity contribution is 5.90. The number of nitrogens with one attached hydrogen (secondary N) is 1. The molecule has 1 aliphatic rings. The number of nitrogens with zero attached hydrogens (tertiary/aromatic N) is 4. The molecule has 0 aromatic carbocycles. The van der Waals surface area contributed by atoms with Crippen molar-refractivity contribution in [2.45, 2.75) is 45.6 Å². The monoisotopic (exact) mass is 345 g/mol. The number of pyridine rings is 1. The van der Waals surface area contributed by atoms with Gasteiger partial charge in [-0.2, -0.15) is 4.98 Å². The van der Waals surface area contributed by atoms with Crippen LogP contribution in [-0.2, 0) is 0 Å². The first-order valence-corrected chi connectivity index (χ1v) is 8.48. The van der Waals surface area contributed by atoms with Crippen molar-refractivity contribution in [1.82, 2.24) is 20.0 Å². The van der Waals surface area contributed by atoms with Gasteiger partial charge in [-0.05, 0) is 31.9 Å². The number of carbonyl (C=O) groups is 1. The third-order valence-electron chi connectivity index (χ3n) is 4.30. The van der Waals surface area contributed by atoms with E-state index in [1.807, 2.05) is 13.0 Å². The van der Waals surface area contributed by atoms with Crippen LogP contribution in [0.25, 0.3) is 0 Å². The predicted octanol–water partition coefficient (Wildman–Crippen LogP) is 3.24. The molecule has 1 unspecified atom stereocenters. The summed E-state index contributed by atoms with van der Waals surface area (Å²) in [5.41, 5.74) is 0.803. The SMILES string of the molecule is COc1ccc(C)nc1NC(=O)N1CCCCCC1c1noc(C)n1. The molecule has 8 heteroatoms. The quantitative estimate of drug-likeness (QED) is 0.918. The number of aryl methyl sites for hydroxylation is 2. The van der Waals surface area contributed by atoms with Gasteiger partial charge in [0.1, 0.15) is 0 Å². The first kappa shape index (κ1) is 17.2. The molecule has 2 aromatic rings. The van der Waals surface area contributed by atoms with Crippen LogP contribution < -0.4 is 10.1 Å². The largest absolute Gasteiger partial charge is 0.493 e. The van der Waals surface area contributed by atoms with Gasteiger partial charge < -0.3 is 14.2 Å². The Balaban J connectivity index is 1.84. The van der Waals surface area contributed by atoms with Crippen molar-refractivity contribution in [2.24, 2.45) is 0 Å². The Morgan fingerprint density at radius 2 is 2.12 bits per heavy atom. The van der Waals surface area contributed by atoms with Crippen LogP contribution in [0.1, 0.15) is 49.1 Å². The number of urea groups is 1. The van der Waals surface area contributed by atoms with Gasteiger partial charge in [0.25, 0.3) is 0 Å². The summed E-state index contributed by atoms with van der Waals surface area (Å²) in [6.07, 6.45) is 3.85. The zero-order valence-electron chi connectivity index (χ0n) is 14.8. The maximum atomic E-state index is 12.9. The first-order chi connectivity index (χ1) is 12.1. The molecule has 2 aromatic heterocycles. The second-order valence-corrected chi connectivity index (χ2v) is 6.16. The molecule has 1 N–H and O–H groups in total. The molecular weight excluding hydrogens is 322 g/mol. The van der Waals surface area contributed by atoms with Crippen molar-refractivity contribution >= 4 is 11.8 Å². The molecule has 1 atom stereocenters. The molecule has 1 fully saturated rings. The van der Waals surface area contributed by atoms with Crippen LogP contribution in [0.2, 0.25) is 0 Å². The fourth-order valence-corrected chi connectivity index (χ4v) is 3.04. The van der Waals surface area contributed by atoms with Crippen LogP contribution in [0.15, 0.2) is 16.7 Å². The van der Waals surface area contributed by atoms with Crippen molar-refractivity contribution in [3.05, 3.63) is 29.5 Å². The normalized spacial score (nSPS) is 17.9. The van der Waals surface area contributed by atoms with Crippen LogP contribution in [-0.4, -0.2) is 39.7 Å². The number of rotatable bonds is 3. The number of methoxy groups -OCH3 is 1. The van der Waals surface area contributed by atoms with Gasteiger partial charge in [-0.25, -0.2) is 9.78 Å². The second kappa shape index (κ2) is 7.50. The van der Waals surface area contributed by atoms with Gasteiger partial charge in [-0.3, -0.25) is 5.32 Å². The number of carbonyl (C=O) groups excluding carboxylic acids is 1. The molecule has 3 rings (SSSR count). The molecule has 0 spiro atoms. The summed E-state index contributed by atoms with van der Waals surface area (Å²) in [6, 6.07) is 3.20. The van der Waals surface area contributed by atoms with Gasteiger partial charge in [0, 0.05) is 19.2 Å². The van der Waals surface area contributed by atoms with Crippen LogP contribution in [0.3, 0.4) is 0 Å². The van der Waals surface area contributed by atoms with Gasteiger partial charge >= 0.3 is 6.03 Å². The Hall–Kier alpha value is -2.64. The van der Waals surface area contributed by atoms with E-state index in [0.29, 0.717) is 29.8 Å². The second-order valence-electron chi connectivity index (χ2n) is 6.16. The summed E-state index contributed by atoms with van der Waals surface area (Å²) >= 11 is 0. The highest BCUT2D eigenvalue weighted by atomic mass is 16.5. The van der Waals surface area contributed by atoms with E-state index in [9.17, 15) is 4.79 Å². The predicted molar refractivity (Wildman–Crippen MR) is 91.5 cm³/mol. The van der Waals surface area contributed by atoms with Crippen LogP contribution in [0.5, 0.6) is 5.75 Å². The molecule has 8 nitrogen and oxygen atoms in total. The van der Waals surface area contributed by atoms with Crippen molar-refractivity contribution < 1.29 is 14.1 Å². The summed E-state index contributed by atoms with van der Waals surface area (Å²) in [4.78, 5) is 23.4. The molecule has 1 saturated heterocycles. The molecular formula is C17H23N5O3. The highest BCUT2D eigenvalue weighted by Gasteiger charge is 2.30. The Labute approximate surface area is 146 Å². The molecule has 25 heavy (non-hydrogen) atoms. The van der Waals surface area contributed by atoms with E-state index >= 15 is 0 Å². The van der Waals surface area contributed by atoms with Crippen LogP contribution in [0.4, 0.5) is 10.6 Å². The average molecular weight is 345 g/mol. The number of aromatic nitrogens is 3. The number of hydrogen-bond donors (Lipinski definition) is 1. The highest BCUT2D eigenvalue weighted by Crippen LogP contribution is 2.30. The minimum atomic E-state index is -0.231. The number of likely N-dealkylation sites (tertiary alicyclic amines) is 1. The molecule has 3 heterocycles. The third-order valence-corrected chi connectivity index (χ3v) is 4.30. The molecule has 0 aliphatic carbocycles. The minimum Gasteiger partial charge on any atom is -0.493 e. The fourth-order valence-electron chi connectivity index (χ4n) is 3.04. The van der Waals surface area contributed by atoms with Gasteiger partial charge in [0.15, 0.2) is 17.4 Å². The summed E-state index contributed by atoms with van der Waals surface area (Å²) in [7, 11) is 1.55. The van der Waals surface area contributed by atoms with Crippen molar-refractivity contribution in [2.75, 3.05) is 19.0 Å². The zero-order valence-corrected chi connectivity index (χ0v) is 14.8. The summed E-state index contributed by atoms with van der Waals surface area (Å²) in [5.74, 6) is 2.00. The lowest BCUT2D eigenvalue weighted by Crippen LogP contribution is -2.38. The molecule has 2 amide bonds. The van der Waals surface area contributed by atoms with E-state index in [2.05, 4.69) is 20.4 Å². The summed E-state index contributed by atoms with van der Waals surface area (Å²) < 4.78 is 10.4. The maximum absolute atomic E-state index is 12.9. The van der Waals surface area contributed by atoms with E-state index in [0.717, 1.165) is 31.4 Å². The lowest BCUT2D eigenvalue weighted by molar-refractivity contribution is 0.184. The molecule has 134 valence electrons. The molecule has 0 saturated carbocycles. The van der Waals surface area contributed by atoms with Gasteiger partial charge in [0.05, 0.1) is 13.2 Å². The average Bonchev–Trinajstić information content (AvgIpc) is 2.87. The topological polar surface area (TPSA) is 93.4 Å². The lowest BCUT2D eigenvalue weighted by Gasteiger charge is -2.28. The first-order valence-electron chi connectivity index (χ1n) is 8.48. The molecule has 0 radical (unpaired) electrons. The van der Waals surface area contributed by atoms with Crippen molar-refractivity contribution in [3.8, 4) is 5.75 Å². The van der Waals surface area contributed by atoms with E-state index in [1.54, 1.807) is 25.0 Å². The van der Waals surface area contributed by atoms with Crippen LogP contribution in [0, 0.1) is 13.8 Å². The van der Waals surface area contributed by atoms with Crippen molar-refractivity contribution in [3.63, 3.8) is 0 Å². The van der Waals surface area contributed by atoms with E-state index < -0.39 is 0 Å². The summed E-state index contributed by atoms with van der Waals surface area (Å²) in [6.45, 7) is 4.25. The number of anilines is 1. The van der Waals surface area contributed by atoms with Gasteiger partial charge in [-0.1, -0.05) is 18.0 Å². The Morgan fingerprint density at radius 3 is 2.84 bits per heavy atom. The van der Waals surface area contributed by atoms with Crippen LogP contribution >= 0.6 is 0 Å². The fraction of sp³-hybridized carbons (Fsp3) is 0.529. The number of hydrogen-bond acceptors (Lipinski definition) is 6. The van der Waals surface area contributed by atoms with E-state index in [1.165, 1.54) is 0 Å². The maximum Gasteiger partial charge on any atom is 0.323 e. The van der Waals surface area contributed by atoms with E-state index in [-0.39, 0.29) is 12.1 Å². The number of amides is 2. The van der Waals surface area contributed by atoms with Gasteiger partial charge in [0.2, 0.25) is 5.89 Å². The van der Waals surface area contributed by atoms with Crippen molar-refractivity contribution in [1.29, 1.82) is 0 Å². The lowest BCUT2D eigenvalue weighted by atomic mass is 10.1. The molecule has 0 bridgehead atoms. The Kier molecular flexibility index (Phi) is 5.16. The summed E-state index contributed by atoms with van der Waals surface area (Å²) in [5, 5.41) is 6.89.